The zero-order chi connectivity index (χ0) is 15.6. The number of piperidine rings is 1. The van der Waals surface area contributed by atoms with Crippen LogP contribution in [0.4, 0.5) is 0 Å². The molecule has 0 saturated carbocycles. The summed E-state index contributed by atoms with van der Waals surface area (Å²) in [5.74, 6) is -0.554. The van der Waals surface area contributed by atoms with Crippen LogP contribution in [0.3, 0.4) is 0 Å². The molecular weight excluding hydrogens is 328 g/mol. The molecule has 1 aromatic carbocycles. The molecule has 2 rings (SSSR count). The summed E-state index contributed by atoms with van der Waals surface area (Å²) >= 11 is 0. The Morgan fingerprint density at radius 3 is 2.68 bits per heavy atom. The molecule has 1 aliphatic heterocycles. The van der Waals surface area contributed by atoms with Crippen LogP contribution in [0.15, 0.2) is 23.1 Å². The smallest absolute Gasteiger partial charge is 0.337 e. The molecule has 0 bridgehead atoms. The van der Waals surface area contributed by atoms with Crippen LogP contribution in [-0.2, 0) is 14.8 Å². The number of carbonyl (C=O) groups excluding carboxylic acids is 1. The van der Waals surface area contributed by atoms with Gasteiger partial charge < -0.3 is 10.5 Å². The van der Waals surface area contributed by atoms with E-state index in [-0.39, 0.29) is 28.9 Å². The van der Waals surface area contributed by atoms with Gasteiger partial charge in [-0.1, -0.05) is 6.07 Å². The monoisotopic (exact) mass is 348 g/mol. The van der Waals surface area contributed by atoms with Gasteiger partial charge in [-0.05, 0) is 37.5 Å². The normalized spacial score (nSPS) is 19.3. The van der Waals surface area contributed by atoms with Gasteiger partial charge in [0.15, 0.2) is 0 Å². The second-order valence-corrected chi connectivity index (χ2v) is 7.14. The fourth-order valence-corrected chi connectivity index (χ4v) is 4.24. The van der Waals surface area contributed by atoms with Gasteiger partial charge in [-0.15, -0.1) is 12.4 Å². The molecule has 1 saturated heterocycles. The van der Waals surface area contributed by atoms with Gasteiger partial charge in [-0.2, -0.15) is 4.31 Å². The van der Waals surface area contributed by atoms with Gasteiger partial charge in [0.25, 0.3) is 0 Å². The number of halogens is 1. The lowest BCUT2D eigenvalue weighted by Crippen LogP contribution is -2.45. The Morgan fingerprint density at radius 1 is 1.41 bits per heavy atom. The molecule has 1 aliphatic rings. The molecule has 0 aliphatic carbocycles. The summed E-state index contributed by atoms with van der Waals surface area (Å²) in [6.07, 6.45) is 1.57. The van der Waals surface area contributed by atoms with Gasteiger partial charge in [-0.3, -0.25) is 0 Å². The molecule has 1 fully saturated rings. The number of hydrogen-bond donors (Lipinski definition) is 1. The Bertz CT molecular complexity index is 648. The fraction of sp³-hybridized carbons (Fsp3) is 0.500. The number of benzene rings is 1. The van der Waals surface area contributed by atoms with Gasteiger partial charge >= 0.3 is 5.97 Å². The summed E-state index contributed by atoms with van der Waals surface area (Å²) in [6, 6.07) is 4.40. The number of nitrogens with zero attached hydrogens (tertiary/aromatic N) is 1. The number of rotatable bonds is 3. The van der Waals surface area contributed by atoms with E-state index in [0.717, 1.165) is 12.8 Å². The van der Waals surface area contributed by atoms with Crippen molar-refractivity contribution >= 4 is 28.4 Å². The molecule has 1 heterocycles. The van der Waals surface area contributed by atoms with Crippen LogP contribution in [0.1, 0.15) is 28.8 Å². The number of nitrogens with two attached hydrogens (primary N) is 1. The number of aryl methyl sites for hydroxylation is 1. The topological polar surface area (TPSA) is 89.7 Å². The van der Waals surface area contributed by atoms with E-state index in [2.05, 4.69) is 4.74 Å². The zero-order valence-corrected chi connectivity index (χ0v) is 14.2. The summed E-state index contributed by atoms with van der Waals surface area (Å²) in [6.45, 7) is 2.47. The molecule has 0 aromatic heterocycles. The molecule has 8 heteroatoms. The van der Waals surface area contributed by atoms with Gasteiger partial charge in [0.2, 0.25) is 10.0 Å². The predicted octanol–water partition coefficient (Wildman–Crippen LogP) is 1.32. The van der Waals surface area contributed by atoms with Crippen molar-refractivity contribution < 1.29 is 17.9 Å². The molecule has 1 aromatic rings. The molecule has 0 amide bonds. The average molecular weight is 349 g/mol. The molecule has 2 N–H and O–H groups in total. The van der Waals surface area contributed by atoms with Crippen LogP contribution in [0.25, 0.3) is 0 Å². The van der Waals surface area contributed by atoms with E-state index in [1.807, 2.05) is 0 Å². The second-order valence-electron chi connectivity index (χ2n) is 5.24. The first-order valence-corrected chi connectivity index (χ1v) is 8.25. The number of sulfonamides is 1. The Morgan fingerprint density at radius 2 is 2.09 bits per heavy atom. The Balaban J connectivity index is 0.00000242. The van der Waals surface area contributed by atoms with Crippen molar-refractivity contribution in [3.05, 3.63) is 29.3 Å². The van der Waals surface area contributed by atoms with E-state index in [1.165, 1.54) is 17.5 Å². The first-order valence-electron chi connectivity index (χ1n) is 6.81. The SMILES string of the molecule is COC(=O)c1ccc(C)c(S(=O)(=O)N2CCCC(N)C2)c1.Cl. The van der Waals surface area contributed by atoms with Crippen LogP contribution < -0.4 is 5.73 Å². The van der Waals surface area contributed by atoms with Crippen molar-refractivity contribution in [3.8, 4) is 0 Å². The maximum absolute atomic E-state index is 12.7. The molecule has 0 radical (unpaired) electrons. The number of esters is 1. The van der Waals surface area contributed by atoms with E-state index in [0.29, 0.717) is 18.7 Å². The zero-order valence-electron chi connectivity index (χ0n) is 12.6. The lowest BCUT2D eigenvalue weighted by molar-refractivity contribution is 0.0600. The van der Waals surface area contributed by atoms with Crippen LogP contribution in [0.5, 0.6) is 0 Å². The lowest BCUT2D eigenvalue weighted by Gasteiger charge is -2.30. The number of hydrogen-bond acceptors (Lipinski definition) is 5. The van der Waals surface area contributed by atoms with Crippen LogP contribution in [-0.4, -0.2) is 44.9 Å². The highest BCUT2D eigenvalue weighted by Crippen LogP contribution is 2.24. The fourth-order valence-electron chi connectivity index (χ4n) is 2.45. The van der Waals surface area contributed by atoms with Crippen molar-refractivity contribution in [2.24, 2.45) is 5.73 Å². The largest absolute Gasteiger partial charge is 0.465 e. The van der Waals surface area contributed by atoms with Crippen molar-refractivity contribution in [1.82, 2.24) is 4.31 Å². The van der Waals surface area contributed by atoms with Crippen molar-refractivity contribution in [1.29, 1.82) is 0 Å². The van der Waals surface area contributed by atoms with Crippen molar-refractivity contribution in [2.45, 2.75) is 30.7 Å². The first kappa shape index (κ1) is 18.9. The molecule has 0 spiro atoms. The second kappa shape index (κ2) is 7.41. The van der Waals surface area contributed by atoms with Crippen molar-refractivity contribution in [3.63, 3.8) is 0 Å². The number of carbonyl (C=O) groups is 1. The first-order chi connectivity index (χ1) is 9.86. The molecule has 124 valence electrons. The third kappa shape index (κ3) is 3.78. The third-order valence-electron chi connectivity index (χ3n) is 3.65. The quantitative estimate of drug-likeness (QED) is 0.832. The van der Waals surface area contributed by atoms with Gasteiger partial charge in [0.05, 0.1) is 17.6 Å². The molecule has 6 nitrogen and oxygen atoms in total. The predicted molar refractivity (Wildman–Crippen MR) is 85.7 cm³/mol. The Hall–Kier alpha value is -1.15. The van der Waals surface area contributed by atoms with E-state index in [9.17, 15) is 13.2 Å². The highest BCUT2D eigenvalue weighted by molar-refractivity contribution is 7.89. The summed E-state index contributed by atoms with van der Waals surface area (Å²) in [5, 5.41) is 0. The van der Waals surface area contributed by atoms with E-state index in [1.54, 1.807) is 19.1 Å². The van der Waals surface area contributed by atoms with Gasteiger partial charge in [0, 0.05) is 19.1 Å². The van der Waals surface area contributed by atoms with Gasteiger partial charge in [-0.25, -0.2) is 13.2 Å². The van der Waals surface area contributed by atoms with Crippen molar-refractivity contribution in [2.75, 3.05) is 20.2 Å². The van der Waals surface area contributed by atoms with Crippen LogP contribution in [0, 0.1) is 6.92 Å². The van der Waals surface area contributed by atoms with E-state index >= 15 is 0 Å². The maximum Gasteiger partial charge on any atom is 0.337 e. The summed E-state index contributed by atoms with van der Waals surface area (Å²) in [7, 11) is -2.38. The molecule has 1 unspecified atom stereocenters. The van der Waals surface area contributed by atoms with Crippen LogP contribution >= 0.6 is 12.4 Å². The van der Waals surface area contributed by atoms with Crippen LogP contribution in [0.2, 0.25) is 0 Å². The maximum atomic E-state index is 12.7. The minimum Gasteiger partial charge on any atom is -0.465 e. The number of methoxy groups -OCH3 is 1. The highest BCUT2D eigenvalue weighted by atomic mass is 35.5. The number of ether oxygens (including phenoxy) is 1. The van der Waals surface area contributed by atoms with E-state index < -0.39 is 16.0 Å². The summed E-state index contributed by atoms with van der Waals surface area (Å²) < 4.78 is 31.5. The average Bonchev–Trinajstić information content (AvgIpc) is 2.46. The minimum absolute atomic E-state index is 0. The third-order valence-corrected chi connectivity index (χ3v) is 5.65. The van der Waals surface area contributed by atoms with E-state index in [4.69, 9.17) is 5.73 Å². The Kier molecular flexibility index (Phi) is 6.37. The summed E-state index contributed by atoms with van der Waals surface area (Å²) in [5.41, 5.74) is 6.68. The standard InChI is InChI=1S/C14H20N2O4S.ClH/c1-10-5-6-11(14(17)20-2)8-13(10)21(18,19)16-7-3-4-12(15)9-16;/h5-6,8,12H,3-4,7,9,15H2,1-2H3;1H. The minimum atomic E-state index is -3.64. The summed E-state index contributed by atoms with van der Waals surface area (Å²) in [4.78, 5) is 11.7. The lowest BCUT2D eigenvalue weighted by atomic mass is 10.1. The molecule has 1 atom stereocenters. The molecule has 22 heavy (non-hydrogen) atoms. The highest BCUT2D eigenvalue weighted by Gasteiger charge is 2.30. The van der Waals surface area contributed by atoms with Gasteiger partial charge in [0.1, 0.15) is 0 Å². The Labute approximate surface area is 137 Å². The molecular formula is C14H21ClN2O4S.